The largest absolute Gasteiger partial charge is 0.486 e. The number of hydrogen-bond donors (Lipinski definition) is 1. The van der Waals surface area contributed by atoms with Crippen LogP contribution in [0.3, 0.4) is 0 Å². The maximum absolute atomic E-state index is 6.23. The summed E-state index contributed by atoms with van der Waals surface area (Å²) >= 11 is 10.5. The summed E-state index contributed by atoms with van der Waals surface area (Å²) in [6.45, 7) is 3.34. The highest BCUT2D eigenvalue weighted by Crippen LogP contribution is 2.38. The fourth-order valence-electron chi connectivity index (χ4n) is 1.81. The van der Waals surface area contributed by atoms with Gasteiger partial charge in [0.15, 0.2) is 11.5 Å². The molecule has 2 rings (SSSR count). The topological polar surface area (TPSA) is 18.5 Å². The first-order chi connectivity index (χ1) is 7.72. The van der Waals surface area contributed by atoms with Gasteiger partial charge in [0, 0.05) is 11.1 Å². The molecule has 1 heterocycles. The summed E-state index contributed by atoms with van der Waals surface area (Å²) in [4.78, 5) is 0. The van der Waals surface area contributed by atoms with Gasteiger partial charge in [0.25, 0.3) is 0 Å². The van der Waals surface area contributed by atoms with Gasteiger partial charge in [-0.1, -0.05) is 18.5 Å². The number of rotatable bonds is 3. The molecule has 16 heavy (non-hydrogen) atoms. The Hall–Kier alpha value is -0.540. The molecular formula is C12H15ClO2S. The molecule has 0 fully saturated rings. The van der Waals surface area contributed by atoms with E-state index in [1.54, 1.807) is 0 Å². The van der Waals surface area contributed by atoms with E-state index in [2.05, 4.69) is 19.6 Å². The molecular weight excluding hydrogens is 244 g/mol. The second-order valence-electron chi connectivity index (χ2n) is 3.93. The highest BCUT2D eigenvalue weighted by molar-refractivity contribution is 7.80. The smallest absolute Gasteiger partial charge is 0.162 e. The molecule has 0 saturated carbocycles. The zero-order valence-electron chi connectivity index (χ0n) is 9.20. The molecule has 1 atom stereocenters. The van der Waals surface area contributed by atoms with Gasteiger partial charge >= 0.3 is 0 Å². The first kappa shape index (κ1) is 11.9. The van der Waals surface area contributed by atoms with Crippen molar-refractivity contribution >= 4 is 24.2 Å². The quantitative estimate of drug-likeness (QED) is 0.836. The summed E-state index contributed by atoms with van der Waals surface area (Å²) < 4.78 is 11.0. The summed E-state index contributed by atoms with van der Waals surface area (Å²) in [6.07, 6.45) is 1.00. The van der Waals surface area contributed by atoms with Gasteiger partial charge in [-0.3, -0.25) is 0 Å². The monoisotopic (exact) mass is 258 g/mol. The minimum Gasteiger partial charge on any atom is -0.486 e. The van der Waals surface area contributed by atoms with Gasteiger partial charge in [0.2, 0.25) is 0 Å². The van der Waals surface area contributed by atoms with E-state index in [-0.39, 0.29) is 0 Å². The van der Waals surface area contributed by atoms with Crippen LogP contribution in [0.1, 0.15) is 24.8 Å². The first-order valence-corrected chi connectivity index (χ1v) is 6.43. The number of fused-ring (bicyclic) bond motifs is 1. The highest BCUT2D eigenvalue weighted by atomic mass is 35.5. The average Bonchev–Trinajstić information content (AvgIpc) is 2.28. The van der Waals surface area contributed by atoms with Gasteiger partial charge in [0.1, 0.15) is 13.2 Å². The standard InChI is InChI=1S/C12H15ClO2S/c1-8(2-5-16)9-6-11-12(7-10(9)13)15-4-3-14-11/h6-8,16H,2-5H2,1H3. The van der Waals surface area contributed by atoms with Crippen LogP contribution >= 0.6 is 24.2 Å². The van der Waals surface area contributed by atoms with Gasteiger partial charge < -0.3 is 9.47 Å². The summed E-state index contributed by atoms with van der Waals surface area (Å²) in [6, 6.07) is 3.84. The van der Waals surface area contributed by atoms with E-state index in [0.29, 0.717) is 19.1 Å². The molecule has 1 aromatic rings. The maximum Gasteiger partial charge on any atom is 0.162 e. The van der Waals surface area contributed by atoms with E-state index >= 15 is 0 Å². The van der Waals surface area contributed by atoms with Crippen molar-refractivity contribution in [3.63, 3.8) is 0 Å². The third-order valence-corrected chi connectivity index (χ3v) is 3.34. The summed E-state index contributed by atoms with van der Waals surface area (Å²) in [7, 11) is 0. The molecule has 4 heteroatoms. The predicted molar refractivity (Wildman–Crippen MR) is 69.3 cm³/mol. The fraction of sp³-hybridized carbons (Fsp3) is 0.500. The molecule has 0 saturated heterocycles. The molecule has 0 bridgehead atoms. The lowest BCUT2D eigenvalue weighted by Gasteiger charge is -2.21. The van der Waals surface area contributed by atoms with Crippen LogP contribution in [0.5, 0.6) is 11.5 Å². The Kier molecular flexibility index (Phi) is 3.87. The molecule has 0 aliphatic carbocycles. The zero-order chi connectivity index (χ0) is 11.5. The van der Waals surface area contributed by atoms with Crippen molar-refractivity contribution in [2.45, 2.75) is 19.3 Å². The predicted octanol–water partition coefficient (Wildman–Crippen LogP) is 3.53. The molecule has 1 aromatic carbocycles. The van der Waals surface area contributed by atoms with Crippen molar-refractivity contribution in [2.24, 2.45) is 0 Å². The molecule has 0 aromatic heterocycles. The van der Waals surface area contributed by atoms with Crippen LogP contribution in [0.4, 0.5) is 0 Å². The van der Waals surface area contributed by atoms with Gasteiger partial charge in [-0.05, 0) is 29.7 Å². The molecule has 1 unspecified atom stereocenters. The van der Waals surface area contributed by atoms with E-state index in [0.717, 1.165) is 34.3 Å². The van der Waals surface area contributed by atoms with E-state index in [4.69, 9.17) is 21.1 Å². The molecule has 0 amide bonds. The Morgan fingerprint density at radius 1 is 1.31 bits per heavy atom. The van der Waals surface area contributed by atoms with Gasteiger partial charge in [0.05, 0.1) is 0 Å². The average molecular weight is 259 g/mol. The number of hydrogen-bond acceptors (Lipinski definition) is 3. The number of thiol groups is 1. The van der Waals surface area contributed by atoms with Gasteiger partial charge in [-0.15, -0.1) is 0 Å². The maximum atomic E-state index is 6.23. The third-order valence-electron chi connectivity index (χ3n) is 2.75. The van der Waals surface area contributed by atoms with Crippen LogP contribution < -0.4 is 9.47 Å². The van der Waals surface area contributed by atoms with Crippen molar-refractivity contribution in [3.8, 4) is 11.5 Å². The molecule has 88 valence electrons. The van der Waals surface area contributed by atoms with Crippen LogP contribution in [0.25, 0.3) is 0 Å². The highest BCUT2D eigenvalue weighted by Gasteiger charge is 2.17. The minimum atomic E-state index is 0.390. The Labute approximate surface area is 106 Å². The molecule has 0 radical (unpaired) electrons. The van der Waals surface area contributed by atoms with Crippen molar-refractivity contribution in [1.82, 2.24) is 0 Å². The second kappa shape index (κ2) is 5.19. The molecule has 2 nitrogen and oxygen atoms in total. The molecule has 1 aliphatic rings. The van der Waals surface area contributed by atoms with E-state index in [1.165, 1.54) is 0 Å². The molecule has 0 spiro atoms. The lowest BCUT2D eigenvalue weighted by molar-refractivity contribution is 0.171. The lowest BCUT2D eigenvalue weighted by Crippen LogP contribution is -2.15. The Morgan fingerprint density at radius 2 is 1.94 bits per heavy atom. The van der Waals surface area contributed by atoms with Crippen LogP contribution in [0, 0.1) is 0 Å². The van der Waals surface area contributed by atoms with Gasteiger partial charge in [-0.25, -0.2) is 0 Å². The molecule has 0 N–H and O–H groups in total. The van der Waals surface area contributed by atoms with Crippen LogP contribution in [0.2, 0.25) is 5.02 Å². The third kappa shape index (κ3) is 2.41. The Bertz CT molecular complexity index is 382. The number of ether oxygens (including phenoxy) is 2. The number of halogens is 1. The first-order valence-electron chi connectivity index (χ1n) is 5.42. The van der Waals surface area contributed by atoms with E-state index < -0.39 is 0 Å². The second-order valence-corrected chi connectivity index (χ2v) is 4.79. The fourth-order valence-corrected chi connectivity index (χ4v) is 2.53. The molecule has 1 aliphatic heterocycles. The van der Waals surface area contributed by atoms with Crippen LogP contribution in [-0.4, -0.2) is 19.0 Å². The summed E-state index contributed by atoms with van der Waals surface area (Å²) in [5, 5.41) is 0.749. The minimum absolute atomic E-state index is 0.390. The van der Waals surface area contributed by atoms with Crippen LogP contribution in [-0.2, 0) is 0 Å². The lowest BCUT2D eigenvalue weighted by atomic mass is 9.98. The van der Waals surface area contributed by atoms with Gasteiger partial charge in [-0.2, -0.15) is 12.6 Å². The zero-order valence-corrected chi connectivity index (χ0v) is 10.9. The van der Waals surface area contributed by atoms with Crippen molar-refractivity contribution in [1.29, 1.82) is 0 Å². The SMILES string of the molecule is CC(CCS)c1cc2c(cc1Cl)OCCO2. The Balaban J connectivity index is 2.31. The van der Waals surface area contributed by atoms with Crippen molar-refractivity contribution in [3.05, 3.63) is 22.7 Å². The summed E-state index contributed by atoms with van der Waals surface area (Å²) in [5.74, 6) is 2.79. The number of benzene rings is 1. The summed E-state index contributed by atoms with van der Waals surface area (Å²) in [5.41, 5.74) is 1.11. The van der Waals surface area contributed by atoms with E-state index in [9.17, 15) is 0 Å². The normalized spacial score (nSPS) is 15.9. The van der Waals surface area contributed by atoms with E-state index in [1.807, 2.05) is 12.1 Å². The van der Waals surface area contributed by atoms with Crippen molar-refractivity contribution in [2.75, 3.05) is 19.0 Å². The van der Waals surface area contributed by atoms with Crippen LogP contribution in [0.15, 0.2) is 12.1 Å². The Morgan fingerprint density at radius 3 is 2.56 bits per heavy atom. The van der Waals surface area contributed by atoms with Crippen molar-refractivity contribution < 1.29 is 9.47 Å².